The number of sulfonamides is 1. The molecule has 0 aromatic heterocycles. The monoisotopic (exact) mass is 283 g/mol. The van der Waals surface area contributed by atoms with Crippen molar-refractivity contribution in [2.24, 2.45) is 0 Å². The maximum absolute atomic E-state index is 12.2. The summed E-state index contributed by atoms with van der Waals surface area (Å²) < 4.78 is 30.8. The number of hydrogen-bond donors (Lipinski definition) is 0. The summed E-state index contributed by atoms with van der Waals surface area (Å²) in [7, 11) is -3.19. The van der Waals surface area contributed by atoms with E-state index >= 15 is 0 Å². The van der Waals surface area contributed by atoms with Crippen LogP contribution in [0.1, 0.15) is 33.6 Å². The van der Waals surface area contributed by atoms with Crippen LogP contribution in [0.4, 0.5) is 0 Å². The third-order valence-corrected chi connectivity index (χ3v) is 5.69. The second-order valence-corrected chi connectivity index (χ2v) is 8.34. The van der Waals surface area contributed by atoms with Crippen molar-refractivity contribution in [3.8, 4) is 0 Å². The van der Waals surface area contributed by atoms with Crippen molar-refractivity contribution in [1.82, 2.24) is 4.31 Å². The highest BCUT2D eigenvalue weighted by Crippen LogP contribution is 2.24. The Morgan fingerprint density at radius 3 is 2.24 bits per heavy atom. The van der Waals surface area contributed by atoms with Crippen LogP contribution in [-0.2, 0) is 14.8 Å². The lowest BCUT2D eigenvalue weighted by Crippen LogP contribution is -2.47. The van der Waals surface area contributed by atoms with Crippen LogP contribution in [0.15, 0.2) is 0 Å². The molecule has 4 nitrogen and oxygen atoms in total. The molecule has 0 amide bonds. The number of piperidine rings is 1. The van der Waals surface area contributed by atoms with Crippen LogP contribution < -0.4 is 0 Å². The minimum atomic E-state index is -3.19. The van der Waals surface area contributed by atoms with Crippen LogP contribution in [0.25, 0.3) is 0 Å². The first-order valence-electron chi connectivity index (χ1n) is 5.96. The summed E-state index contributed by atoms with van der Waals surface area (Å²) in [6.45, 7) is 6.84. The zero-order valence-corrected chi connectivity index (χ0v) is 12.4. The summed E-state index contributed by atoms with van der Waals surface area (Å²) in [6.07, 6.45) is 1.67. The second-order valence-electron chi connectivity index (χ2n) is 5.28. The Morgan fingerprint density at radius 1 is 1.29 bits per heavy atom. The fourth-order valence-corrected chi connectivity index (χ4v) is 3.39. The Kier molecular flexibility index (Phi) is 5.25. The van der Waals surface area contributed by atoms with Gasteiger partial charge in [-0.2, -0.15) is 0 Å². The lowest BCUT2D eigenvalue weighted by molar-refractivity contribution is 0.0298. The summed E-state index contributed by atoms with van der Waals surface area (Å²) >= 11 is 5.55. The minimum Gasteiger partial charge on any atom is -0.377 e. The molecule has 0 unspecified atom stereocenters. The molecule has 0 aliphatic carbocycles. The molecule has 17 heavy (non-hydrogen) atoms. The van der Waals surface area contributed by atoms with Crippen molar-refractivity contribution < 1.29 is 13.2 Å². The van der Waals surface area contributed by atoms with E-state index in [2.05, 4.69) is 0 Å². The topological polar surface area (TPSA) is 46.6 Å². The number of ether oxygens (including phenoxy) is 1. The quantitative estimate of drug-likeness (QED) is 0.740. The highest BCUT2D eigenvalue weighted by molar-refractivity contribution is 7.90. The molecule has 0 radical (unpaired) electrons. The molecular formula is C11H22ClNO3S. The molecule has 0 aromatic carbocycles. The van der Waals surface area contributed by atoms with E-state index in [0.29, 0.717) is 25.6 Å². The third-order valence-electron chi connectivity index (χ3n) is 2.95. The normalized spacial score (nSPS) is 20.7. The highest BCUT2D eigenvalue weighted by atomic mass is 35.5. The molecule has 0 spiro atoms. The number of rotatable bonds is 4. The van der Waals surface area contributed by atoms with Gasteiger partial charge >= 0.3 is 0 Å². The summed E-state index contributed by atoms with van der Waals surface area (Å²) in [6, 6.07) is 0. The Morgan fingerprint density at radius 2 is 1.82 bits per heavy atom. The van der Waals surface area contributed by atoms with E-state index in [1.807, 2.05) is 0 Å². The fourth-order valence-electron chi connectivity index (χ4n) is 1.84. The fraction of sp³-hybridized carbons (Fsp3) is 1.00. The third kappa shape index (κ3) is 3.81. The Labute approximate surface area is 109 Å². The Bertz CT molecular complexity index is 329. The van der Waals surface area contributed by atoms with Crippen molar-refractivity contribution in [3.05, 3.63) is 0 Å². The molecule has 6 heteroatoms. The average Bonchev–Trinajstić information content (AvgIpc) is 2.25. The highest BCUT2D eigenvalue weighted by Gasteiger charge is 2.37. The van der Waals surface area contributed by atoms with Crippen molar-refractivity contribution in [2.75, 3.05) is 25.6 Å². The van der Waals surface area contributed by atoms with Crippen LogP contribution in [0.5, 0.6) is 0 Å². The van der Waals surface area contributed by atoms with Crippen molar-refractivity contribution >= 4 is 21.6 Å². The van der Waals surface area contributed by atoms with Crippen molar-refractivity contribution in [1.29, 1.82) is 0 Å². The smallest absolute Gasteiger partial charge is 0.219 e. The van der Waals surface area contributed by atoms with Crippen molar-refractivity contribution in [3.63, 3.8) is 0 Å². The number of nitrogens with zero attached hydrogens (tertiary/aromatic N) is 1. The van der Waals surface area contributed by atoms with Gasteiger partial charge in [0.1, 0.15) is 0 Å². The Balaban J connectivity index is 2.53. The molecule has 1 fully saturated rings. The van der Waals surface area contributed by atoms with E-state index in [4.69, 9.17) is 16.3 Å². The predicted octanol–water partition coefficient (Wildman–Crippen LogP) is 1.83. The van der Waals surface area contributed by atoms with Gasteiger partial charge in [0.2, 0.25) is 10.0 Å². The maximum atomic E-state index is 12.2. The van der Waals surface area contributed by atoms with Gasteiger partial charge in [0.05, 0.1) is 17.5 Å². The maximum Gasteiger partial charge on any atom is 0.219 e. The number of halogens is 1. The molecule has 0 N–H and O–H groups in total. The van der Waals surface area contributed by atoms with Gasteiger partial charge in [0, 0.05) is 19.0 Å². The predicted molar refractivity (Wildman–Crippen MR) is 69.9 cm³/mol. The molecule has 102 valence electrons. The van der Waals surface area contributed by atoms with Crippen molar-refractivity contribution in [2.45, 2.75) is 44.5 Å². The van der Waals surface area contributed by atoms with Crippen LogP contribution >= 0.6 is 11.6 Å². The molecule has 1 aliphatic heterocycles. The first-order valence-corrected chi connectivity index (χ1v) is 7.94. The van der Waals surface area contributed by atoms with Gasteiger partial charge in [-0.15, -0.1) is 11.6 Å². The zero-order chi connectivity index (χ0) is 13.1. The van der Waals surface area contributed by atoms with Gasteiger partial charge in [-0.05, 0) is 33.6 Å². The molecule has 1 aliphatic rings. The van der Waals surface area contributed by atoms with Gasteiger partial charge in [-0.1, -0.05) is 0 Å². The van der Waals surface area contributed by atoms with Gasteiger partial charge < -0.3 is 4.74 Å². The zero-order valence-electron chi connectivity index (χ0n) is 10.8. The Hall–Kier alpha value is 0.160. The standard InChI is InChI=1S/C11H22ClNO3S/c1-11(2,3)17(14,15)13-7-4-10(5-8-13)16-9-6-12/h10H,4-9H2,1-3H3. The largest absolute Gasteiger partial charge is 0.377 e. The van der Waals surface area contributed by atoms with Crippen LogP contribution in [0, 0.1) is 0 Å². The van der Waals surface area contributed by atoms with Crippen LogP contribution in [-0.4, -0.2) is 49.2 Å². The first-order chi connectivity index (χ1) is 7.79. The lowest BCUT2D eigenvalue weighted by atomic mass is 10.1. The van der Waals surface area contributed by atoms with E-state index < -0.39 is 14.8 Å². The van der Waals surface area contributed by atoms with Gasteiger partial charge in [-0.25, -0.2) is 12.7 Å². The van der Waals surface area contributed by atoms with E-state index in [1.165, 1.54) is 0 Å². The summed E-state index contributed by atoms with van der Waals surface area (Å²) in [4.78, 5) is 0. The molecule has 0 saturated carbocycles. The molecular weight excluding hydrogens is 262 g/mol. The van der Waals surface area contributed by atoms with E-state index in [1.54, 1.807) is 25.1 Å². The average molecular weight is 284 g/mol. The number of hydrogen-bond acceptors (Lipinski definition) is 3. The lowest BCUT2D eigenvalue weighted by Gasteiger charge is -2.35. The summed E-state index contributed by atoms with van der Waals surface area (Å²) in [5.41, 5.74) is 0. The van der Waals surface area contributed by atoms with Crippen LogP contribution in [0.3, 0.4) is 0 Å². The summed E-state index contributed by atoms with van der Waals surface area (Å²) in [5.74, 6) is 0.487. The summed E-state index contributed by atoms with van der Waals surface area (Å²) in [5, 5.41) is 0. The van der Waals surface area contributed by atoms with Gasteiger partial charge in [0.15, 0.2) is 0 Å². The number of alkyl halides is 1. The van der Waals surface area contributed by atoms with Gasteiger partial charge in [0.25, 0.3) is 0 Å². The molecule has 1 rings (SSSR count). The molecule has 0 aromatic rings. The SMILES string of the molecule is CC(C)(C)S(=O)(=O)N1CCC(OCCCl)CC1. The minimum absolute atomic E-state index is 0.153. The van der Waals surface area contributed by atoms with E-state index in [-0.39, 0.29) is 6.10 Å². The van der Waals surface area contributed by atoms with Crippen LogP contribution in [0.2, 0.25) is 0 Å². The van der Waals surface area contributed by atoms with E-state index in [0.717, 1.165) is 12.8 Å². The molecule has 0 atom stereocenters. The van der Waals surface area contributed by atoms with E-state index in [9.17, 15) is 8.42 Å². The molecule has 1 heterocycles. The molecule has 1 saturated heterocycles. The molecule has 0 bridgehead atoms. The van der Waals surface area contributed by atoms with Gasteiger partial charge in [-0.3, -0.25) is 0 Å². The first kappa shape index (κ1) is 15.2. The second kappa shape index (κ2) is 5.87.